The van der Waals surface area contributed by atoms with Crippen LogP contribution in [-0.4, -0.2) is 95.8 Å². The fraction of sp³-hybridized carbons (Fsp3) is 0.433. The number of anilines is 1. The summed E-state index contributed by atoms with van der Waals surface area (Å²) in [5.74, 6) is 0.371. The third kappa shape index (κ3) is 6.15. The van der Waals surface area contributed by atoms with Crippen molar-refractivity contribution >= 4 is 51.9 Å². The number of benzene rings is 2. The Labute approximate surface area is 243 Å². The molecule has 2 fully saturated rings. The van der Waals surface area contributed by atoms with Gasteiger partial charge in [-0.1, -0.05) is 42.1 Å². The van der Waals surface area contributed by atoms with Gasteiger partial charge < -0.3 is 19.9 Å². The summed E-state index contributed by atoms with van der Waals surface area (Å²) < 4.78 is 5.58. The molecule has 1 N–H and O–H groups in total. The molecule has 2 aromatic rings. The first-order chi connectivity index (χ1) is 20.1. The van der Waals surface area contributed by atoms with Gasteiger partial charge >= 0.3 is 0 Å². The minimum Gasteiger partial charge on any atom is -0.376 e. The summed E-state index contributed by atoms with van der Waals surface area (Å²) in [6, 6.07) is 17.1. The molecule has 6 rings (SSSR count). The number of carbonyl (C=O) groups excluding carboxylic acids is 3. The van der Waals surface area contributed by atoms with Gasteiger partial charge in [-0.2, -0.15) is 0 Å². The van der Waals surface area contributed by atoms with Crippen LogP contribution in [0.4, 0.5) is 11.4 Å². The van der Waals surface area contributed by atoms with Crippen LogP contribution in [-0.2, 0) is 19.1 Å². The third-order valence-electron chi connectivity index (χ3n) is 7.82. The minimum absolute atomic E-state index is 0.0437. The van der Waals surface area contributed by atoms with Crippen molar-refractivity contribution in [3.8, 4) is 0 Å². The minimum atomic E-state index is -0.662. The smallest absolute Gasteiger partial charge is 0.259 e. The summed E-state index contributed by atoms with van der Waals surface area (Å²) in [6.07, 6.45) is 2.62. The van der Waals surface area contributed by atoms with Crippen molar-refractivity contribution in [1.82, 2.24) is 15.1 Å². The number of para-hydroxylation sites is 2. The first kappa shape index (κ1) is 27.5. The van der Waals surface area contributed by atoms with E-state index < -0.39 is 6.04 Å². The van der Waals surface area contributed by atoms with E-state index in [1.54, 1.807) is 0 Å². The molecule has 4 heterocycles. The van der Waals surface area contributed by atoms with Crippen molar-refractivity contribution < 1.29 is 19.1 Å². The van der Waals surface area contributed by atoms with E-state index >= 15 is 0 Å². The lowest BCUT2D eigenvalue weighted by Crippen LogP contribution is -2.49. The average Bonchev–Trinajstić information content (AvgIpc) is 3.66. The average molecular weight is 575 g/mol. The van der Waals surface area contributed by atoms with Gasteiger partial charge in [0.2, 0.25) is 11.8 Å². The second kappa shape index (κ2) is 12.4. The largest absolute Gasteiger partial charge is 0.376 e. The fourth-order valence-electron chi connectivity index (χ4n) is 5.57. The number of hydrogen-bond acceptors (Lipinski definition) is 8. The maximum Gasteiger partial charge on any atom is 0.259 e. The Balaban J connectivity index is 1.06. The summed E-state index contributed by atoms with van der Waals surface area (Å²) in [7, 11) is 0. The molecule has 0 unspecified atom stereocenters. The number of aliphatic imine (C=N–C) groups is 2. The Morgan fingerprint density at radius 3 is 2.59 bits per heavy atom. The molecule has 3 amide bonds. The second-order valence-corrected chi connectivity index (χ2v) is 11.5. The Bertz CT molecular complexity index is 1350. The van der Waals surface area contributed by atoms with Crippen LogP contribution < -0.4 is 10.2 Å². The quantitative estimate of drug-likeness (QED) is 0.520. The molecule has 0 bridgehead atoms. The normalized spacial score (nSPS) is 21.8. The monoisotopic (exact) mass is 574 g/mol. The van der Waals surface area contributed by atoms with Crippen LogP contribution in [0.25, 0.3) is 0 Å². The summed E-state index contributed by atoms with van der Waals surface area (Å²) >= 11 is 1.22. The number of carbonyl (C=O) groups is 3. The summed E-state index contributed by atoms with van der Waals surface area (Å²) in [5.41, 5.74) is 2.66. The van der Waals surface area contributed by atoms with E-state index in [1.807, 2.05) is 47.4 Å². The molecule has 0 saturated carbocycles. The van der Waals surface area contributed by atoms with Gasteiger partial charge in [0, 0.05) is 57.0 Å². The topological polar surface area (TPSA) is 107 Å². The van der Waals surface area contributed by atoms with Crippen molar-refractivity contribution in [3.63, 3.8) is 0 Å². The number of hydrogen-bond donors (Lipinski definition) is 1. The molecule has 0 aromatic heterocycles. The highest BCUT2D eigenvalue weighted by Crippen LogP contribution is 2.34. The Morgan fingerprint density at radius 2 is 1.80 bits per heavy atom. The highest BCUT2D eigenvalue weighted by atomic mass is 32.2. The van der Waals surface area contributed by atoms with Crippen LogP contribution in [0.15, 0.2) is 64.6 Å². The molecule has 2 atom stereocenters. The summed E-state index contributed by atoms with van der Waals surface area (Å²) in [6.45, 7) is 4.10. The summed E-state index contributed by atoms with van der Waals surface area (Å²) in [5, 5.41) is 3.36. The van der Waals surface area contributed by atoms with Gasteiger partial charge in [0.25, 0.3) is 5.91 Å². The lowest BCUT2D eigenvalue weighted by molar-refractivity contribution is -0.132. The van der Waals surface area contributed by atoms with E-state index in [9.17, 15) is 14.4 Å². The first-order valence-corrected chi connectivity index (χ1v) is 15.2. The van der Waals surface area contributed by atoms with Gasteiger partial charge in [-0.05, 0) is 43.5 Å². The molecule has 0 aliphatic carbocycles. The molecule has 41 heavy (non-hydrogen) atoms. The number of thioether (sulfide) groups is 1. The van der Waals surface area contributed by atoms with Crippen molar-refractivity contribution in [2.24, 2.45) is 9.98 Å². The first-order valence-electron chi connectivity index (χ1n) is 14.3. The van der Waals surface area contributed by atoms with Gasteiger partial charge in [-0.15, -0.1) is 0 Å². The molecule has 0 spiro atoms. The molecule has 4 aliphatic heterocycles. The van der Waals surface area contributed by atoms with Crippen LogP contribution in [0.2, 0.25) is 0 Å². The number of rotatable bonds is 8. The van der Waals surface area contributed by atoms with Crippen molar-refractivity contribution in [1.29, 1.82) is 0 Å². The van der Waals surface area contributed by atoms with Gasteiger partial charge in [0.15, 0.2) is 5.17 Å². The number of fused-ring (bicyclic) bond motifs is 3. The number of nitrogens with one attached hydrogen (secondary N) is 1. The highest BCUT2D eigenvalue weighted by Gasteiger charge is 2.41. The highest BCUT2D eigenvalue weighted by molar-refractivity contribution is 8.14. The SMILES string of the molecule is O=C(CSC1=Nc2ccccc2C2=N[C@H](CCC(=O)N3CCN(c4ccccc4)CC3)C(=O)N12)NC[C@@H]1CCCO1. The van der Waals surface area contributed by atoms with Gasteiger partial charge in [0.1, 0.15) is 11.9 Å². The van der Waals surface area contributed by atoms with E-state index in [-0.39, 0.29) is 36.0 Å². The van der Waals surface area contributed by atoms with Crippen LogP contribution >= 0.6 is 11.8 Å². The van der Waals surface area contributed by atoms with Gasteiger partial charge in [-0.25, -0.2) is 9.89 Å². The molecule has 10 nitrogen and oxygen atoms in total. The Hall–Kier alpha value is -3.70. The number of nitrogens with zero attached hydrogens (tertiary/aromatic N) is 5. The zero-order valence-electron chi connectivity index (χ0n) is 22.9. The van der Waals surface area contributed by atoms with Crippen LogP contribution in [0.3, 0.4) is 0 Å². The summed E-state index contributed by atoms with van der Waals surface area (Å²) in [4.78, 5) is 54.3. The third-order valence-corrected chi connectivity index (χ3v) is 8.75. The van der Waals surface area contributed by atoms with Crippen LogP contribution in [0.5, 0.6) is 0 Å². The van der Waals surface area contributed by atoms with E-state index in [0.717, 1.165) is 38.1 Å². The molecular weight excluding hydrogens is 540 g/mol. The van der Waals surface area contributed by atoms with E-state index in [0.29, 0.717) is 42.7 Å². The molecule has 214 valence electrons. The zero-order valence-corrected chi connectivity index (χ0v) is 23.7. The molecule has 11 heteroatoms. The number of amides is 3. The second-order valence-electron chi connectivity index (χ2n) is 10.5. The standard InChI is InChI=1S/C30H34N6O4S/c37-26(31-19-22-9-6-18-40-22)20-41-30-33-24-11-5-4-10-23(24)28-32-25(29(39)36(28)30)12-13-27(38)35-16-14-34(15-17-35)21-7-2-1-3-8-21/h1-5,7-8,10-11,22,25H,6,9,12-20H2,(H,31,37)/t22-,25+/m0/s1. The van der Waals surface area contributed by atoms with Crippen molar-refractivity contribution in [3.05, 3.63) is 60.2 Å². The lowest BCUT2D eigenvalue weighted by Gasteiger charge is -2.36. The van der Waals surface area contributed by atoms with Crippen LogP contribution in [0, 0.1) is 0 Å². The molecule has 2 saturated heterocycles. The predicted octanol–water partition coefficient (Wildman–Crippen LogP) is 2.80. The molecular formula is C30H34N6O4S. The van der Waals surface area contributed by atoms with Gasteiger partial charge in [-0.3, -0.25) is 19.4 Å². The molecule has 0 radical (unpaired) electrons. The maximum atomic E-state index is 13.6. The zero-order chi connectivity index (χ0) is 28.2. The van der Waals surface area contributed by atoms with E-state index in [4.69, 9.17) is 14.7 Å². The lowest BCUT2D eigenvalue weighted by atomic mass is 10.1. The van der Waals surface area contributed by atoms with E-state index in [1.165, 1.54) is 22.3 Å². The van der Waals surface area contributed by atoms with E-state index in [2.05, 4.69) is 22.3 Å². The maximum absolute atomic E-state index is 13.6. The molecule has 4 aliphatic rings. The number of ether oxygens (including phenoxy) is 1. The Morgan fingerprint density at radius 1 is 1.02 bits per heavy atom. The number of amidine groups is 2. The fourth-order valence-corrected chi connectivity index (χ4v) is 6.40. The Kier molecular flexibility index (Phi) is 8.33. The van der Waals surface area contributed by atoms with Crippen LogP contribution in [0.1, 0.15) is 31.2 Å². The van der Waals surface area contributed by atoms with Crippen molar-refractivity contribution in [2.45, 2.75) is 37.8 Å². The van der Waals surface area contributed by atoms with Gasteiger partial charge in [0.05, 0.1) is 17.5 Å². The molecule has 2 aromatic carbocycles. The predicted molar refractivity (Wildman–Crippen MR) is 160 cm³/mol. The number of piperazine rings is 1. The van der Waals surface area contributed by atoms with Crippen molar-refractivity contribution in [2.75, 3.05) is 50.0 Å².